The number of carbonyl (C=O) groups is 1. The number of nitrogens with two attached hydrogens (primary N) is 1. The summed E-state index contributed by atoms with van der Waals surface area (Å²) in [4.78, 5) is 24.9. The molecule has 0 radical (unpaired) electrons. The van der Waals surface area contributed by atoms with Crippen LogP contribution in [-0.4, -0.2) is 29.3 Å². The predicted molar refractivity (Wildman–Crippen MR) is 78.2 cm³/mol. The second-order valence-corrected chi connectivity index (χ2v) is 4.72. The molecule has 7 nitrogen and oxygen atoms in total. The van der Waals surface area contributed by atoms with Crippen LogP contribution in [0.2, 0.25) is 0 Å². The third-order valence-electron chi connectivity index (χ3n) is 3.04. The van der Waals surface area contributed by atoms with E-state index >= 15 is 0 Å². The average Bonchev–Trinajstić information content (AvgIpc) is 2.44. The van der Waals surface area contributed by atoms with Gasteiger partial charge in [0.25, 0.3) is 5.56 Å². The minimum Gasteiger partial charge on any atom is -0.373 e. The Morgan fingerprint density at radius 3 is 2.85 bits per heavy atom. The van der Waals surface area contributed by atoms with Gasteiger partial charge in [0, 0.05) is 32.6 Å². The molecule has 0 aliphatic heterocycles. The lowest BCUT2D eigenvalue weighted by Gasteiger charge is -2.17. The van der Waals surface area contributed by atoms with E-state index in [-0.39, 0.29) is 11.5 Å². The van der Waals surface area contributed by atoms with Gasteiger partial charge >= 0.3 is 0 Å². The predicted octanol–water partition coefficient (Wildman–Crippen LogP) is 0.250. The molecule has 20 heavy (non-hydrogen) atoms. The highest BCUT2D eigenvalue weighted by molar-refractivity contribution is 5.75. The first-order valence-corrected chi connectivity index (χ1v) is 6.86. The fourth-order valence-corrected chi connectivity index (χ4v) is 1.88. The van der Waals surface area contributed by atoms with Crippen LogP contribution in [0.4, 0.5) is 5.69 Å². The molecule has 0 bridgehead atoms. The number of amides is 1. The number of rotatable bonds is 8. The average molecular weight is 281 g/mol. The van der Waals surface area contributed by atoms with E-state index in [0.717, 1.165) is 18.7 Å². The molecule has 7 heteroatoms. The van der Waals surface area contributed by atoms with E-state index in [1.807, 2.05) is 11.9 Å². The molecule has 0 fully saturated rings. The number of nitrogens with zero attached hydrogens (tertiary/aromatic N) is 3. The minimum absolute atomic E-state index is 0.117. The third kappa shape index (κ3) is 5.00. The van der Waals surface area contributed by atoms with Crippen molar-refractivity contribution >= 4 is 11.6 Å². The molecule has 0 spiro atoms. The zero-order valence-corrected chi connectivity index (χ0v) is 12.1. The molecule has 0 saturated heterocycles. The van der Waals surface area contributed by atoms with E-state index in [4.69, 9.17) is 5.84 Å². The molecule has 0 aromatic carbocycles. The van der Waals surface area contributed by atoms with Crippen LogP contribution in [0.1, 0.15) is 32.6 Å². The van der Waals surface area contributed by atoms with Gasteiger partial charge in [-0.3, -0.25) is 15.0 Å². The van der Waals surface area contributed by atoms with Crippen LogP contribution in [0.3, 0.4) is 0 Å². The molecule has 1 aromatic heterocycles. The monoisotopic (exact) mass is 281 g/mol. The molecule has 3 N–H and O–H groups in total. The van der Waals surface area contributed by atoms with Gasteiger partial charge in [-0.25, -0.2) is 10.5 Å². The van der Waals surface area contributed by atoms with Crippen LogP contribution in [0.25, 0.3) is 0 Å². The number of nitrogens with one attached hydrogen (secondary N) is 1. The lowest BCUT2D eigenvalue weighted by atomic mass is 10.2. The Hall–Kier alpha value is -1.89. The second kappa shape index (κ2) is 8.31. The SMILES string of the molecule is CCCN(C)c1cnn(CCCCC(=O)NN)c(=O)c1. The Bertz CT molecular complexity index is 486. The normalized spacial score (nSPS) is 10.3. The molecule has 1 amide bonds. The van der Waals surface area contributed by atoms with Crippen LogP contribution >= 0.6 is 0 Å². The molecule has 112 valence electrons. The molecule has 0 saturated carbocycles. The van der Waals surface area contributed by atoms with E-state index in [1.165, 1.54) is 4.68 Å². The van der Waals surface area contributed by atoms with E-state index in [0.29, 0.717) is 25.8 Å². The van der Waals surface area contributed by atoms with Gasteiger partial charge in [-0.05, 0) is 19.3 Å². The van der Waals surface area contributed by atoms with Crippen LogP contribution in [0.5, 0.6) is 0 Å². The zero-order valence-electron chi connectivity index (χ0n) is 12.1. The van der Waals surface area contributed by atoms with Crippen molar-refractivity contribution in [1.29, 1.82) is 0 Å². The zero-order chi connectivity index (χ0) is 15.0. The molecule has 0 aliphatic carbocycles. The summed E-state index contributed by atoms with van der Waals surface area (Å²) in [5.41, 5.74) is 2.79. The Morgan fingerprint density at radius 2 is 2.25 bits per heavy atom. The number of aromatic nitrogens is 2. The van der Waals surface area contributed by atoms with Crippen molar-refractivity contribution in [3.05, 3.63) is 22.6 Å². The van der Waals surface area contributed by atoms with Crippen molar-refractivity contribution in [2.45, 2.75) is 39.2 Å². The number of anilines is 1. The number of hydrogen-bond acceptors (Lipinski definition) is 5. The maximum atomic E-state index is 11.9. The van der Waals surface area contributed by atoms with Crippen molar-refractivity contribution in [2.24, 2.45) is 5.84 Å². The summed E-state index contributed by atoms with van der Waals surface area (Å²) in [7, 11) is 1.94. The van der Waals surface area contributed by atoms with Crippen LogP contribution < -0.4 is 21.7 Å². The Labute approximate surface area is 118 Å². The van der Waals surface area contributed by atoms with Gasteiger partial charge in [0.2, 0.25) is 5.91 Å². The van der Waals surface area contributed by atoms with Gasteiger partial charge < -0.3 is 4.90 Å². The maximum Gasteiger partial charge on any atom is 0.268 e. The summed E-state index contributed by atoms with van der Waals surface area (Å²) in [5.74, 6) is 4.79. The lowest BCUT2D eigenvalue weighted by Crippen LogP contribution is -2.30. The number of carbonyl (C=O) groups excluding carboxylic acids is 1. The standard InChI is InChI=1S/C13H23N5O2/c1-3-7-17(2)11-9-13(20)18(15-10-11)8-5-4-6-12(19)16-14/h9-10H,3-8,14H2,1-2H3,(H,16,19). The summed E-state index contributed by atoms with van der Waals surface area (Å²) in [6.07, 6.45) is 4.47. The number of hydrazine groups is 1. The van der Waals surface area contributed by atoms with E-state index in [2.05, 4.69) is 17.4 Å². The quantitative estimate of drug-likeness (QED) is 0.308. The van der Waals surface area contributed by atoms with Crippen LogP contribution in [0.15, 0.2) is 17.1 Å². The summed E-state index contributed by atoms with van der Waals surface area (Å²) in [6.45, 7) is 3.48. The summed E-state index contributed by atoms with van der Waals surface area (Å²) < 4.78 is 1.42. The second-order valence-electron chi connectivity index (χ2n) is 4.72. The first kappa shape index (κ1) is 16.2. The third-order valence-corrected chi connectivity index (χ3v) is 3.04. The number of hydrogen-bond donors (Lipinski definition) is 2. The molecule has 1 rings (SSSR count). The molecular formula is C13H23N5O2. The highest BCUT2D eigenvalue weighted by Gasteiger charge is 2.04. The van der Waals surface area contributed by atoms with Crippen molar-refractivity contribution in [3.8, 4) is 0 Å². The van der Waals surface area contributed by atoms with E-state index in [9.17, 15) is 9.59 Å². The summed E-state index contributed by atoms with van der Waals surface area (Å²) >= 11 is 0. The van der Waals surface area contributed by atoms with Crippen molar-refractivity contribution in [3.63, 3.8) is 0 Å². The molecule has 0 unspecified atom stereocenters. The number of unbranched alkanes of at least 4 members (excludes halogenated alkanes) is 1. The fraction of sp³-hybridized carbons (Fsp3) is 0.615. The summed E-state index contributed by atoms with van der Waals surface area (Å²) in [5, 5.41) is 4.16. The largest absolute Gasteiger partial charge is 0.373 e. The van der Waals surface area contributed by atoms with Gasteiger partial charge in [-0.15, -0.1) is 0 Å². The highest BCUT2D eigenvalue weighted by atomic mass is 16.2. The Morgan fingerprint density at radius 1 is 1.50 bits per heavy atom. The van der Waals surface area contributed by atoms with E-state index in [1.54, 1.807) is 12.3 Å². The fourth-order valence-electron chi connectivity index (χ4n) is 1.88. The molecular weight excluding hydrogens is 258 g/mol. The van der Waals surface area contributed by atoms with Gasteiger partial charge in [0.1, 0.15) is 0 Å². The van der Waals surface area contributed by atoms with Crippen molar-refractivity contribution in [2.75, 3.05) is 18.5 Å². The van der Waals surface area contributed by atoms with Crippen molar-refractivity contribution in [1.82, 2.24) is 15.2 Å². The smallest absolute Gasteiger partial charge is 0.268 e. The lowest BCUT2D eigenvalue weighted by molar-refractivity contribution is -0.121. The van der Waals surface area contributed by atoms with Gasteiger partial charge in [0.05, 0.1) is 11.9 Å². The topological polar surface area (TPSA) is 93.2 Å². The number of aryl methyl sites for hydroxylation is 1. The van der Waals surface area contributed by atoms with Crippen molar-refractivity contribution < 1.29 is 4.79 Å². The molecule has 0 aliphatic rings. The highest BCUT2D eigenvalue weighted by Crippen LogP contribution is 2.07. The van der Waals surface area contributed by atoms with Gasteiger partial charge in [-0.2, -0.15) is 5.10 Å². The maximum absolute atomic E-state index is 11.9. The van der Waals surface area contributed by atoms with Crippen LogP contribution in [0, 0.1) is 0 Å². The molecule has 1 aromatic rings. The summed E-state index contributed by atoms with van der Waals surface area (Å²) in [6, 6.07) is 1.59. The Balaban J connectivity index is 2.52. The van der Waals surface area contributed by atoms with Gasteiger partial charge in [-0.1, -0.05) is 6.92 Å². The first-order valence-electron chi connectivity index (χ1n) is 6.86. The minimum atomic E-state index is -0.193. The molecule has 0 atom stereocenters. The molecule has 1 heterocycles. The van der Waals surface area contributed by atoms with E-state index < -0.39 is 0 Å². The first-order chi connectivity index (χ1) is 9.58. The Kier molecular flexibility index (Phi) is 6.72. The van der Waals surface area contributed by atoms with Gasteiger partial charge in [0.15, 0.2) is 0 Å². The van der Waals surface area contributed by atoms with Crippen LogP contribution in [-0.2, 0) is 11.3 Å².